The van der Waals surface area contributed by atoms with E-state index in [2.05, 4.69) is 0 Å². The molecule has 1 aliphatic rings. The Bertz CT molecular complexity index is 3120. The largest absolute Gasteiger partial charge is 0.494 e. The lowest BCUT2D eigenvalue weighted by Crippen LogP contribution is -2.15. The van der Waals surface area contributed by atoms with Crippen molar-refractivity contribution in [1.29, 1.82) is 0 Å². The van der Waals surface area contributed by atoms with Crippen LogP contribution in [0.4, 0.5) is 0 Å². The number of hydrogen-bond donors (Lipinski definition) is 0. The first-order valence-corrected chi connectivity index (χ1v) is 22.2. The Balaban J connectivity index is 0.834. The Morgan fingerprint density at radius 1 is 0.471 bits per heavy atom. The smallest absolute Gasteiger partial charge is 0.343 e. The summed E-state index contributed by atoms with van der Waals surface area (Å²) in [4.78, 5) is 53.4. The topological polar surface area (TPSA) is 136 Å². The van der Waals surface area contributed by atoms with Gasteiger partial charge in [-0.15, -0.1) is 0 Å². The predicted octanol–water partition coefficient (Wildman–Crippen LogP) is 11.8. The van der Waals surface area contributed by atoms with Crippen LogP contribution in [0.5, 0.6) is 28.7 Å². The van der Waals surface area contributed by atoms with Gasteiger partial charge in [0.15, 0.2) is 0 Å². The van der Waals surface area contributed by atoms with Crippen molar-refractivity contribution in [2.75, 3.05) is 26.4 Å². The van der Waals surface area contributed by atoms with Crippen LogP contribution in [-0.2, 0) is 9.47 Å². The van der Waals surface area contributed by atoms with E-state index in [0.717, 1.165) is 46.6 Å². The second-order valence-corrected chi connectivity index (χ2v) is 16.7. The van der Waals surface area contributed by atoms with Crippen molar-refractivity contribution < 1.29 is 52.3 Å². The van der Waals surface area contributed by atoms with E-state index in [0.29, 0.717) is 53.6 Å². The molecule has 340 valence electrons. The van der Waals surface area contributed by atoms with Gasteiger partial charge in [-0.25, -0.2) is 19.2 Å². The van der Waals surface area contributed by atoms with Crippen LogP contribution in [0, 0.1) is 6.92 Å². The Labute approximate surface area is 392 Å². The third kappa shape index (κ3) is 10.8. The third-order valence-electron chi connectivity index (χ3n) is 11.4. The molecule has 68 heavy (non-hydrogen) atoms. The molecule has 11 nitrogen and oxygen atoms in total. The number of rotatable bonds is 17. The van der Waals surface area contributed by atoms with Gasteiger partial charge in [-0.2, -0.15) is 0 Å². The van der Waals surface area contributed by atoms with Crippen LogP contribution in [0.2, 0.25) is 0 Å². The summed E-state index contributed by atoms with van der Waals surface area (Å²) in [7, 11) is 0. The number of carbonyl (C=O) groups is 4. The van der Waals surface area contributed by atoms with E-state index in [1.165, 1.54) is 48.5 Å². The van der Waals surface area contributed by atoms with Crippen molar-refractivity contribution in [2.45, 2.75) is 32.3 Å². The highest BCUT2D eigenvalue weighted by atomic mass is 16.6. The lowest BCUT2D eigenvalue weighted by Gasteiger charge is -2.19. The second-order valence-electron chi connectivity index (χ2n) is 16.7. The summed E-state index contributed by atoms with van der Waals surface area (Å²) >= 11 is 0. The van der Waals surface area contributed by atoms with Crippen LogP contribution >= 0.6 is 0 Å². The zero-order chi connectivity index (χ0) is 47.0. The predicted molar refractivity (Wildman–Crippen MR) is 257 cm³/mol. The number of esters is 4. The molecule has 0 N–H and O–H groups in total. The van der Waals surface area contributed by atoms with Crippen molar-refractivity contribution in [3.63, 3.8) is 0 Å². The van der Waals surface area contributed by atoms with Gasteiger partial charge < -0.3 is 33.2 Å². The zero-order valence-corrected chi connectivity index (χ0v) is 37.4. The fourth-order valence-corrected chi connectivity index (χ4v) is 7.52. The van der Waals surface area contributed by atoms with Crippen LogP contribution in [0.1, 0.15) is 66.8 Å². The van der Waals surface area contributed by atoms with E-state index in [9.17, 15) is 19.2 Å². The van der Waals surface area contributed by atoms with Crippen molar-refractivity contribution in [2.24, 2.45) is 0 Å². The minimum atomic E-state index is -0.658. The average Bonchev–Trinajstić information content (AvgIpc) is 4.10. The quantitative estimate of drug-likeness (QED) is 0.0374. The van der Waals surface area contributed by atoms with Gasteiger partial charge in [0.2, 0.25) is 0 Å². The van der Waals surface area contributed by atoms with Crippen LogP contribution in [-0.4, -0.2) is 55.9 Å². The summed E-state index contributed by atoms with van der Waals surface area (Å²) in [5, 5.41) is 3.36. The number of hydrogen-bond acceptors (Lipinski definition) is 11. The fraction of sp³-hybridized carbons (Fsp3) is 0.158. The van der Waals surface area contributed by atoms with E-state index in [1.807, 2.05) is 86.6 Å². The maximum atomic E-state index is 13.9. The van der Waals surface area contributed by atoms with Crippen molar-refractivity contribution >= 4 is 45.4 Å². The summed E-state index contributed by atoms with van der Waals surface area (Å²) in [6.07, 6.45) is 1.70. The molecule has 0 radical (unpaired) electrons. The van der Waals surface area contributed by atoms with Gasteiger partial charge in [0, 0.05) is 17.7 Å². The summed E-state index contributed by atoms with van der Waals surface area (Å²) in [5.41, 5.74) is 3.22. The molecule has 1 atom stereocenters. The van der Waals surface area contributed by atoms with E-state index in [4.69, 9.17) is 33.2 Å². The average molecular weight is 907 g/mol. The number of benzene rings is 8. The van der Waals surface area contributed by atoms with Gasteiger partial charge in [-0.3, -0.25) is 0 Å². The van der Waals surface area contributed by atoms with Crippen LogP contribution in [0.15, 0.2) is 170 Å². The molecule has 11 heteroatoms. The summed E-state index contributed by atoms with van der Waals surface area (Å²) in [6.45, 7) is 6.50. The van der Waals surface area contributed by atoms with Gasteiger partial charge in [-0.05, 0) is 145 Å². The van der Waals surface area contributed by atoms with Gasteiger partial charge >= 0.3 is 23.9 Å². The standard InChI is InChI=1S/C57H46O11/c1-37-13-15-40(16-14-37)55(60)67-49-31-23-38-9-3-5-11-47(38)51(49)52-48-12-6-4-10-39(48)24-32-50(52)68-56(61)43-21-29-46(30-22-43)66-54(59)42-19-27-45(28-20-42)65-53(58)41-17-25-44(26-18-41)63-34-8-7-33-62-35-57(2)36-64-57/h3-6,9-32H,7-8,33-36H2,1-2H3. The first-order valence-electron chi connectivity index (χ1n) is 22.2. The molecule has 1 aliphatic heterocycles. The number of ether oxygens (including phenoxy) is 7. The number of epoxide rings is 1. The molecule has 1 fully saturated rings. The number of carbonyl (C=O) groups excluding carboxylic acids is 4. The molecule has 1 unspecified atom stereocenters. The van der Waals surface area contributed by atoms with Gasteiger partial charge in [-0.1, -0.05) is 78.4 Å². The zero-order valence-electron chi connectivity index (χ0n) is 37.4. The summed E-state index contributed by atoms with van der Waals surface area (Å²) in [6, 6.07) is 48.5. The first-order chi connectivity index (χ1) is 33.1. The normalized spacial score (nSPS) is 14.0. The summed E-state index contributed by atoms with van der Waals surface area (Å²) in [5.74, 6) is -0.769. The molecular formula is C57H46O11. The van der Waals surface area contributed by atoms with Crippen LogP contribution < -0.4 is 23.7 Å². The SMILES string of the molecule is Cc1ccc(C(=O)Oc2ccc3ccccc3c2-c2c(OC(=O)c3ccc(OC(=O)c4ccc(OC(=O)c5ccc(OCCCCOCC6(C)CO6)cc5)cc4)cc3)ccc3ccccc23)cc1. The van der Waals surface area contributed by atoms with Crippen LogP contribution in [0.25, 0.3) is 32.7 Å². The molecule has 0 aliphatic carbocycles. The maximum absolute atomic E-state index is 13.9. The van der Waals surface area contributed by atoms with Crippen molar-refractivity contribution in [1.82, 2.24) is 0 Å². The highest BCUT2D eigenvalue weighted by molar-refractivity contribution is 6.11. The minimum Gasteiger partial charge on any atom is -0.494 e. The van der Waals surface area contributed by atoms with E-state index in [-0.39, 0.29) is 34.0 Å². The molecule has 8 aromatic carbocycles. The number of unbranched alkanes of at least 4 members (excludes halogenated alkanes) is 1. The molecule has 1 saturated heterocycles. The van der Waals surface area contributed by atoms with E-state index in [1.54, 1.807) is 48.5 Å². The third-order valence-corrected chi connectivity index (χ3v) is 11.4. The summed E-state index contributed by atoms with van der Waals surface area (Å²) < 4.78 is 40.2. The van der Waals surface area contributed by atoms with Gasteiger partial charge in [0.1, 0.15) is 34.3 Å². The molecule has 9 rings (SSSR count). The molecule has 0 amide bonds. The molecule has 0 saturated carbocycles. The van der Waals surface area contributed by atoms with E-state index < -0.39 is 23.9 Å². The Morgan fingerprint density at radius 2 is 0.868 bits per heavy atom. The fourth-order valence-electron chi connectivity index (χ4n) is 7.52. The molecule has 1 heterocycles. The van der Waals surface area contributed by atoms with E-state index >= 15 is 0 Å². The van der Waals surface area contributed by atoms with Gasteiger partial charge in [0.25, 0.3) is 0 Å². The lowest BCUT2D eigenvalue weighted by atomic mass is 9.92. The lowest BCUT2D eigenvalue weighted by molar-refractivity contribution is 0.0722. The second kappa shape index (κ2) is 20.2. The molecule has 8 aromatic rings. The monoisotopic (exact) mass is 906 g/mol. The first kappa shape index (κ1) is 45.1. The van der Waals surface area contributed by atoms with Crippen molar-refractivity contribution in [3.8, 4) is 39.9 Å². The minimum absolute atomic E-state index is 0.107. The Hall–Kier alpha value is -8.12. The molecule has 0 spiro atoms. The van der Waals surface area contributed by atoms with Crippen LogP contribution in [0.3, 0.4) is 0 Å². The van der Waals surface area contributed by atoms with Crippen molar-refractivity contribution in [3.05, 3.63) is 198 Å². The molecule has 0 aromatic heterocycles. The Morgan fingerprint density at radius 3 is 1.32 bits per heavy atom. The maximum Gasteiger partial charge on any atom is 0.343 e. The number of fused-ring (bicyclic) bond motifs is 2. The molecule has 0 bridgehead atoms. The molecular weight excluding hydrogens is 861 g/mol. The van der Waals surface area contributed by atoms with Gasteiger partial charge in [0.05, 0.1) is 42.1 Å². The Kier molecular flexibility index (Phi) is 13.4. The number of aryl methyl sites for hydroxylation is 1. The highest BCUT2D eigenvalue weighted by Crippen LogP contribution is 2.46. The highest BCUT2D eigenvalue weighted by Gasteiger charge is 2.39.